The minimum Gasteiger partial charge on any atom is -0.325 e. The molecule has 6 nitrogen and oxygen atoms in total. The van der Waals surface area contributed by atoms with E-state index in [0.29, 0.717) is 6.54 Å². The molecule has 22 heavy (non-hydrogen) atoms. The monoisotopic (exact) mass is 323 g/mol. The Morgan fingerprint density at radius 3 is 2.86 bits per heavy atom. The first-order chi connectivity index (χ1) is 10.4. The minimum absolute atomic E-state index is 0.0202. The van der Waals surface area contributed by atoms with Gasteiger partial charge in [-0.25, -0.2) is 8.42 Å². The summed E-state index contributed by atoms with van der Waals surface area (Å²) in [6.07, 6.45) is 4.72. The average molecular weight is 323 g/mol. The molecule has 0 unspecified atom stereocenters. The summed E-state index contributed by atoms with van der Waals surface area (Å²) >= 11 is 0. The molecular formula is C15H21N3O3S. The van der Waals surface area contributed by atoms with E-state index in [1.54, 1.807) is 12.1 Å². The lowest BCUT2D eigenvalue weighted by atomic mass is 10.0. The maximum Gasteiger partial charge on any atom is 0.241 e. The third-order valence-corrected chi connectivity index (χ3v) is 5.38. The summed E-state index contributed by atoms with van der Waals surface area (Å²) < 4.78 is 25.1. The lowest BCUT2D eigenvalue weighted by molar-refractivity contribution is -0.117. The highest BCUT2D eigenvalue weighted by Gasteiger charge is 2.25. The van der Waals surface area contributed by atoms with Gasteiger partial charge in [0, 0.05) is 12.2 Å². The zero-order valence-electron chi connectivity index (χ0n) is 12.6. The van der Waals surface area contributed by atoms with E-state index in [1.807, 2.05) is 6.07 Å². The van der Waals surface area contributed by atoms with E-state index in [0.717, 1.165) is 49.2 Å². The predicted molar refractivity (Wildman–Crippen MR) is 86.6 cm³/mol. The van der Waals surface area contributed by atoms with E-state index >= 15 is 0 Å². The number of hydrogen-bond donors (Lipinski definition) is 2. The molecule has 0 spiro atoms. The van der Waals surface area contributed by atoms with E-state index in [2.05, 4.69) is 10.6 Å². The average Bonchev–Trinajstić information content (AvgIpc) is 2.99. The van der Waals surface area contributed by atoms with Crippen molar-refractivity contribution in [3.63, 3.8) is 0 Å². The topological polar surface area (TPSA) is 78.5 Å². The molecule has 1 amide bonds. The van der Waals surface area contributed by atoms with Crippen molar-refractivity contribution in [1.29, 1.82) is 0 Å². The number of carbonyl (C=O) groups excluding carboxylic acids is 1. The van der Waals surface area contributed by atoms with Crippen molar-refractivity contribution in [3.05, 3.63) is 23.8 Å². The van der Waals surface area contributed by atoms with Crippen molar-refractivity contribution in [2.45, 2.75) is 31.7 Å². The van der Waals surface area contributed by atoms with E-state index in [9.17, 15) is 13.2 Å². The molecule has 0 aliphatic carbocycles. The fraction of sp³-hybridized carbons (Fsp3) is 0.533. The van der Waals surface area contributed by atoms with Gasteiger partial charge in [0.05, 0.1) is 18.0 Å². The van der Waals surface area contributed by atoms with Crippen molar-refractivity contribution in [2.75, 3.05) is 29.0 Å². The second-order valence-electron chi connectivity index (χ2n) is 5.92. The minimum atomic E-state index is -3.25. The Kier molecular flexibility index (Phi) is 4.10. The molecule has 1 fully saturated rings. The molecule has 1 atom stereocenters. The van der Waals surface area contributed by atoms with E-state index < -0.39 is 10.0 Å². The smallest absolute Gasteiger partial charge is 0.241 e. The van der Waals surface area contributed by atoms with Crippen LogP contribution in [0.15, 0.2) is 18.2 Å². The molecule has 0 saturated carbocycles. The quantitative estimate of drug-likeness (QED) is 0.873. The van der Waals surface area contributed by atoms with Crippen LogP contribution in [-0.4, -0.2) is 39.7 Å². The van der Waals surface area contributed by atoms with Gasteiger partial charge in [-0.2, -0.15) is 0 Å². The van der Waals surface area contributed by atoms with Gasteiger partial charge in [-0.1, -0.05) is 0 Å². The van der Waals surface area contributed by atoms with Gasteiger partial charge >= 0.3 is 0 Å². The number of aryl methyl sites for hydroxylation is 1. The Hall–Kier alpha value is -1.60. The van der Waals surface area contributed by atoms with Crippen molar-refractivity contribution in [3.8, 4) is 0 Å². The molecular weight excluding hydrogens is 302 g/mol. The highest BCUT2D eigenvalue weighted by Crippen LogP contribution is 2.31. The van der Waals surface area contributed by atoms with Gasteiger partial charge in [-0.05, 0) is 56.0 Å². The highest BCUT2D eigenvalue weighted by atomic mass is 32.2. The Morgan fingerprint density at radius 1 is 1.36 bits per heavy atom. The summed E-state index contributed by atoms with van der Waals surface area (Å²) in [5.74, 6) is -0.0202. The Bertz CT molecular complexity index is 681. The van der Waals surface area contributed by atoms with Crippen LogP contribution in [0.2, 0.25) is 0 Å². The Balaban J connectivity index is 1.80. The van der Waals surface area contributed by atoms with Crippen molar-refractivity contribution >= 4 is 27.3 Å². The standard InChI is InChI=1S/C15H21N3O3S/c1-22(20,21)18-9-3-4-11-10-12(6-7-14(11)18)17-15(19)13-5-2-8-16-13/h6-7,10,13,16H,2-5,8-9H2,1H3,(H,17,19)/t13-/m0/s1. The van der Waals surface area contributed by atoms with Gasteiger partial charge in [0.25, 0.3) is 0 Å². The van der Waals surface area contributed by atoms with Crippen LogP contribution in [0.25, 0.3) is 0 Å². The van der Waals surface area contributed by atoms with Crippen LogP contribution < -0.4 is 14.9 Å². The predicted octanol–water partition coefficient (Wildman–Crippen LogP) is 1.09. The number of fused-ring (bicyclic) bond motifs is 1. The number of nitrogens with zero attached hydrogens (tertiary/aromatic N) is 1. The molecule has 0 bridgehead atoms. The molecule has 1 aromatic carbocycles. The van der Waals surface area contributed by atoms with Crippen molar-refractivity contribution in [2.24, 2.45) is 0 Å². The highest BCUT2D eigenvalue weighted by molar-refractivity contribution is 7.92. The summed E-state index contributed by atoms with van der Waals surface area (Å²) in [7, 11) is -3.25. The number of sulfonamides is 1. The molecule has 3 rings (SSSR count). The van der Waals surface area contributed by atoms with Gasteiger partial charge in [-0.3, -0.25) is 9.10 Å². The SMILES string of the molecule is CS(=O)(=O)N1CCCc2cc(NC(=O)[C@@H]3CCCN3)ccc21. The van der Waals surface area contributed by atoms with Crippen LogP contribution in [0.4, 0.5) is 11.4 Å². The summed E-state index contributed by atoms with van der Waals surface area (Å²) in [6, 6.07) is 5.32. The summed E-state index contributed by atoms with van der Waals surface area (Å²) in [5.41, 5.74) is 2.42. The zero-order valence-corrected chi connectivity index (χ0v) is 13.4. The molecule has 2 aliphatic heterocycles. The number of nitrogens with one attached hydrogen (secondary N) is 2. The summed E-state index contributed by atoms with van der Waals surface area (Å²) in [6.45, 7) is 1.40. The van der Waals surface area contributed by atoms with Crippen molar-refractivity contribution < 1.29 is 13.2 Å². The van der Waals surface area contributed by atoms with Gasteiger partial charge in [-0.15, -0.1) is 0 Å². The van der Waals surface area contributed by atoms with E-state index in [-0.39, 0.29) is 11.9 Å². The first-order valence-electron chi connectivity index (χ1n) is 7.60. The molecule has 120 valence electrons. The normalized spacial score (nSPS) is 21.5. The molecule has 0 aromatic heterocycles. The van der Waals surface area contributed by atoms with Gasteiger partial charge < -0.3 is 10.6 Å². The van der Waals surface area contributed by atoms with Gasteiger partial charge in [0.2, 0.25) is 15.9 Å². The second kappa shape index (κ2) is 5.89. The number of anilines is 2. The fourth-order valence-corrected chi connectivity index (χ4v) is 4.12. The van der Waals surface area contributed by atoms with Gasteiger partial charge in [0.1, 0.15) is 0 Å². The van der Waals surface area contributed by atoms with Crippen LogP contribution >= 0.6 is 0 Å². The van der Waals surface area contributed by atoms with Crippen LogP contribution in [0.1, 0.15) is 24.8 Å². The third-order valence-electron chi connectivity index (χ3n) is 4.20. The van der Waals surface area contributed by atoms with E-state index in [4.69, 9.17) is 0 Å². The van der Waals surface area contributed by atoms with Crippen molar-refractivity contribution in [1.82, 2.24) is 5.32 Å². The molecule has 7 heteroatoms. The number of benzene rings is 1. The van der Waals surface area contributed by atoms with Crippen LogP contribution in [0, 0.1) is 0 Å². The van der Waals surface area contributed by atoms with Gasteiger partial charge in [0.15, 0.2) is 0 Å². The second-order valence-corrected chi connectivity index (χ2v) is 7.83. The van der Waals surface area contributed by atoms with Crippen LogP contribution in [0.5, 0.6) is 0 Å². The summed E-state index contributed by atoms with van der Waals surface area (Å²) in [4.78, 5) is 12.1. The molecule has 2 aliphatic rings. The molecule has 1 saturated heterocycles. The molecule has 1 aromatic rings. The zero-order chi connectivity index (χ0) is 15.7. The van der Waals surface area contributed by atoms with Crippen LogP contribution in [-0.2, 0) is 21.2 Å². The lowest BCUT2D eigenvalue weighted by Gasteiger charge is -2.29. The number of hydrogen-bond acceptors (Lipinski definition) is 4. The number of rotatable bonds is 3. The largest absolute Gasteiger partial charge is 0.325 e. The lowest BCUT2D eigenvalue weighted by Crippen LogP contribution is -2.36. The maximum absolute atomic E-state index is 12.1. The third kappa shape index (κ3) is 3.10. The first kappa shape index (κ1) is 15.3. The Labute approximate surface area is 130 Å². The Morgan fingerprint density at radius 2 is 2.18 bits per heavy atom. The fourth-order valence-electron chi connectivity index (χ4n) is 3.12. The number of amides is 1. The molecule has 2 N–H and O–H groups in total. The maximum atomic E-state index is 12.1. The summed E-state index contributed by atoms with van der Waals surface area (Å²) in [5, 5.41) is 6.08. The molecule has 2 heterocycles. The number of carbonyl (C=O) groups is 1. The molecule has 0 radical (unpaired) electrons. The van der Waals surface area contributed by atoms with E-state index in [1.165, 1.54) is 10.6 Å². The first-order valence-corrected chi connectivity index (χ1v) is 9.45. The van der Waals surface area contributed by atoms with Crippen LogP contribution in [0.3, 0.4) is 0 Å².